The van der Waals surface area contributed by atoms with Crippen LogP contribution in [0.25, 0.3) is 11.0 Å². The maximum Gasteiger partial charge on any atom is 0.469 e. The van der Waals surface area contributed by atoms with Gasteiger partial charge in [-0.1, -0.05) is 0 Å². The van der Waals surface area contributed by atoms with Gasteiger partial charge >= 0.3 is 7.82 Å². The highest BCUT2D eigenvalue weighted by Gasteiger charge is 2.58. The molecular weight excluding hydrogens is 635 g/mol. The molecule has 0 spiro atoms. The SMILES string of the molecule is N#C[C@@]1(c2ccc3c(N)ncnn23)O[C@H](CO)[C@@H](O)[C@H]1O.N#C[C@@]1(c2ccc3c(N)ncnn23)O[C@H](COP(=O)(O)O)[C@@H](O)[C@H]1O. The molecule has 2 aliphatic rings. The molecule has 6 rings (SSSR count). The minimum atomic E-state index is -4.82. The van der Waals surface area contributed by atoms with Crippen molar-refractivity contribution in [3.05, 3.63) is 48.3 Å². The lowest BCUT2D eigenvalue weighted by Gasteiger charge is -2.24. The van der Waals surface area contributed by atoms with E-state index in [4.69, 9.17) is 30.7 Å². The van der Waals surface area contributed by atoms with Crippen LogP contribution in [-0.2, 0) is 29.8 Å². The van der Waals surface area contributed by atoms with Crippen molar-refractivity contribution in [3.63, 3.8) is 0 Å². The molecule has 0 unspecified atom stereocenters. The van der Waals surface area contributed by atoms with E-state index in [1.807, 2.05) is 6.07 Å². The van der Waals surface area contributed by atoms with Crippen LogP contribution in [0.5, 0.6) is 0 Å². The number of anilines is 2. The Morgan fingerprint density at radius 1 is 0.848 bits per heavy atom. The molecular formula is C24H27N10O11P. The second kappa shape index (κ2) is 12.1. The van der Waals surface area contributed by atoms with E-state index in [9.17, 15) is 40.6 Å². The number of ether oxygens (including phenoxy) is 2. The normalized spacial score (nSPS) is 31.0. The van der Waals surface area contributed by atoms with Gasteiger partial charge < -0.3 is 56.3 Å². The fourth-order valence-electron chi connectivity index (χ4n) is 5.28. The molecule has 4 aromatic heterocycles. The van der Waals surface area contributed by atoms with Gasteiger partial charge in [-0.25, -0.2) is 23.6 Å². The fraction of sp³-hybridized carbons (Fsp3) is 0.417. The minimum absolute atomic E-state index is 0.0735. The smallest absolute Gasteiger partial charge is 0.394 e. The average Bonchev–Trinajstić information content (AvgIpc) is 3.78. The summed E-state index contributed by atoms with van der Waals surface area (Å²) in [6.45, 7) is -1.26. The van der Waals surface area contributed by atoms with E-state index in [1.165, 1.54) is 33.6 Å². The molecule has 0 saturated carbocycles. The molecule has 21 nitrogen and oxygen atoms in total. The van der Waals surface area contributed by atoms with Crippen LogP contribution in [0, 0.1) is 22.7 Å². The molecule has 0 aromatic carbocycles. The summed E-state index contributed by atoms with van der Waals surface area (Å²) in [6, 6.07) is 9.69. The summed E-state index contributed by atoms with van der Waals surface area (Å²) in [5, 5.41) is 76.9. The molecule has 46 heavy (non-hydrogen) atoms. The Labute approximate surface area is 257 Å². The van der Waals surface area contributed by atoms with Crippen molar-refractivity contribution >= 4 is 30.5 Å². The van der Waals surface area contributed by atoms with Crippen molar-refractivity contribution in [3.8, 4) is 12.1 Å². The van der Waals surface area contributed by atoms with Crippen LogP contribution in [-0.4, -0.2) is 114 Å². The number of hydrogen-bond donors (Lipinski definition) is 9. The third-order valence-corrected chi connectivity index (χ3v) is 8.05. The van der Waals surface area contributed by atoms with E-state index in [1.54, 1.807) is 12.1 Å². The van der Waals surface area contributed by atoms with Crippen molar-refractivity contribution in [2.45, 2.75) is 47.8 Å². The van der Waals surface area contributed by atoms with E-state index in [0.717, 1.165) is 6.33 Å². The molecule has 2 fully saturated rings. The molecule has 0 amide bonds. The summed E-state index contributed by atoms with van der Waals surface area (Å²) < 4.78 is 28.6. The summed E-state index contributed by atoms with van der Waals surface area (Å²) in [5.41, 5.74) is 8.63. The largest absolute Gasteiger partial charge is 0.469 e. The number of aromatic nitrogens is 6. The molecule has 6 heterocycles. The van der Waals surface area contributed by atoms with Gasteiger partial charge in [0.2, 0.25) is 11.2 Å². The van der Waals surface area contributed by atoms with Crippen LogP contribution < -0.4 is 11.5 Å². The van der Waals surface area contributed by atoms with Crippen molar-refractivity contribution in [2.75, 3.05) is 24.7 Å². The van der Waals surface area contributed by atoms with Crippen molar-refractivity contribution in [1.82, 2.24) is 29.2 Å². The second-order valence-electron chi connectivity index (χ2n) is 10.2. The van der Waals surface area contributed by atoms with E-state index < -0.39 is 68.9 Å². The standard InChI is InChI=1S/C12H14N5O7P.C12H13N5O4/c13-4-12(8-2-1-6-11(14)15-5-16-17(6)8)10(19)9(18)7(24-12)3-23-25(20,21)22;13-4-12(10(20)9(19)7(3-18)21-12)8-2-1-6-11(14)15-5-16-17(6)8/h1-2,5,7,9-10,18-19H,3H2,(H2,14,15,16)(H2,20,21,22);1-2,5,7,9-10,18-20H,3H2,(H2,14,15,16)/t2*7-,9-,10-,12+/m11/s1. The third kappa shape index (κ3) is 5.31. The number of phosphoric acid groups is 1. The molecule has 11 N–H and O–H groups in total. The molecule has 2 aliphatic heterocycles. The van der Waals surface area contributed by atoms with Crippen LogP contribution in [0.15, 0.2) is 36.9 Å². The van der Waals surface area contributed by atoms with Crippen LogP contribution in [0.1, 0.15) is 11.4 Å². The highest BCUT2D eigenvalue weighted by Crippen LogP contribution is 2.43. The second-order valence-corrected chi connectivity index (χ2v) is 11.4. The van der Waals surface area contributed by atoms with Gasteiger partial charge in [0.1, 0.15) is 72.5 Å². The lowest BCUT2D eigenvalue weighted by molar-refractivity contribution is -0.0643. The zero-order valence-corrected chi connectivity index (χ0v) is 24.2. The number of nitriles is 2. The van der Waals surface area contributed by atoms with Crippen LogP contribution in [0.2, 0.25) is 0 Å². The summed E-state index contributed by atoms with van der Waals surface area (Å²) in [4.78, 5) is 25.2. The first-order chi connectivity index (χ1) is 21.7. The lowest BCUT2D eigenvalue weighted by Crippen LogP contribution is -2.41. The van der Waals surface area contributed by atoms with Crippen molar-refractivity contribution < 1.29 is 53.9 Å². The Bertz CT molecular complexity index is 1890. The van der Waals surface area contributed by atoms with Gasteiger partial charge in [0, 0.05) is 0 Å². The van der Waals surface area contributed by atoms with Gasteiger partial charge in [-0.15, -0.1) is 0 Å². The molecule has 8 atom stereocenters. The first-order valence-corrected chi connectivity index (χ1v) is 14.7. The number of rotatable bonds is 6. The van der Waals surface area contributed by atoms with Gasteiger partial charge in [-0.2, -0.15) is 20.7 Å². The molecule has 22 heteroatoms. The summed E-state index contributed by atoms with van der Waals surface area (Å²) in [5.74, 6) is 0.333. The zero-order chi connectivity index (χ0) is 33.6. The molecule has 2 saturated heterocycles. The monoisotopic (exact) mass is 662 g/mol. The zero-order valence-electron chi connectivity index (χ0n) is 23.3. The van der Waals surface area contributed by atoms with Crippen molar-refractivity contribution in [2.24, 2.45) is 0 Å². The number of nitrogens with zero attached hydrogens (tertiary/aromatic N) is 8. The number of hydrogen-bond acceptors (Lipinski definition) is 17. The number of nitrogens with two attached hydrogens (primary N) is 2. The van der Waals surface area contributed by atoms with Gasteiger partial charge in [0.15, 0.2) is 11.6 Å². The average molecular weight is 663 g/mol. The van der Waals surface area contributed by atoms with E-state index >= 15 is 0 Å². The molecule has 4 aromatic rings. The third-order valence-electron chi connectivity index (χ3n) is 7.56. The van der Waals surface area contributed by atoms with Gasteiger partial charge in [-0.05, 0) is 24.3 Å². The maximum absolute atomic E-state index is 10.8. The topological polar surface area (TPSA) is 346 Å². The Hall–Kier alpha value is -4.35. The highest BCUT2D eigenvalue weighted by atomic mass is 31.2. The summed E-state index contributed by atoms with van der Waals surface area (Å²) in [7, 11) is -4.82. The molecule has 244 valence electrons. The van der Waals surface area contributed by atoms with Gasteiger partial charge in [0.05, 0.1) is 24.6 Å². The number of phosphoric ester groups is 1. The van der Waals surface area contributed by atoms with Gasteiger partial charge in [0.25, 0.3) is 0 Å². The number of nitrogen functional groups attached to an aromatic ring is 2. The quantitative estimate of drug-likeness (QED) is 0.0900. The Kier molecular flexibility index (Phi) is 8.69. The number of aliphatic hydroxyl groups excluding tert-OH is 5. The van der Waals surface area contributed by atoms with Crippen LogP contribution >= 0.6 is 7.82 Å². The summed E-state index contributed by atoms with van der Waals surface area (Å²) in [6.07, 6.45) is -6.35. The van der Waals surface area contributed by atoms with Crippen LogP contribution in [0.4, 0.5) is 11.6 Å². The molecule has 0 aliphatic carbocycles. The Morgan fingerprint density at radius 2 is 1.28 bits per heavy atom. The van der Waals surface area contributed by atoms with Crippen LogP contribution in [0.3, 0.4) is 0 Å². The maximum atomic E-state index is 10.8. The van der Waals surface area contributed by atoms with E-state index in [-0.39, 0.29) is 23.0 Å². The Balaban J connectivity index is 0.000000184. The number of fused-ring (bicyclic) bond motifs is 2. The fourth-order valence-corrected chi connectivity index (χ4v) is 5.62. The predicted octanol–water partition coefficient (Wildman–Crippen LogP) is -3.60. The lowest BCUT2D eigenvalue weighted by atomic mass is 9.92. The Morgan fingerprint density at radius 3 is 1.67 bits per heavy atom. The molecule has 0 radical (unpaired) electrons. The first kappa shape index (κ1) is 33.0. The predicted molar refractivity (Wildman–Crippen MR) is 148 cm³/mol. The number of aliphatic hydroxyl groups is 5. The van der Waals surface area contributed by atoms with Gasteiger partial charge in [-0.3, -0.25) is 4.52 Å². The summed E-state index contributed by atoms with van der Waals surface area (Å²) >= 11 is 0. The first-order valence-electron chi connectivity index (χ1n) is 13.1. The van der Waals surface area contributed by atoms with E-state index in [2.05, 4.69) is 24.7 Å². The molecule has 0 bridgehead atoms. The van der Waals surface area contributed by atoms with Crippen molar-refractivity contribution in [1.29, 1.82) is 10.5 Å². The minimum Gasteiger partial charge on any atom is -0.394 e. The highest BCUT2D eigenvalue weighted by molar-refractivity contribution is 7.46. The van der Waals surface area contributed by atoms with E-state index in [0.29, 0.717) is 11.0 Å².